The smallest absolute Gasteiger partial charge is 0.303 e. The molecule has 2 aromatic rings. The molecular formula is C27H36N2O5. The van der Waals surface area contributed by atoms with E-state index in [0.29, 0.717) is 25.4 Å². The van der Waals surface area contributed by atoms with Crippen LogP contribution in [-0.4, -0.2) is 51.2 Å². The lowest BCUT2D eigenvalue weighted by Crippen LogP contribution is -2.29. The molecule has 1 saturated carbocycles. The SMILES string of the molecule is CCOc1ccc2c(c1)C(CCC(=O)O)CN2C.COc1cccc(C2(NCCC=O)CC2)c1. The minimum atomic E-state index is -0.730. The number of carboxylic acid groups (broad SMARTS) is 1. The zero-order valence-corrected chi connectivity index (χ0v) is 20.4. The predicted molar refractivity (Wildman–Crippen MR) is 133 cm³/mol. The summed E-state index contributed by atoms with van der Waals surface area (Å²) in [5.74, 6) is 1.32. The number of carbonyl (C=O) groups excluding carboxylic acids is 1. The highest BCUT2D eigenvalue weighted by Gasteiger charge is 2.43. The lowest BCUT2D eigenvalue weighted by atomic mass is 9.96. The van der Waals surface area contributed by atoms with Crippen molar-refractivity contribution < 1.29 is 24.2 Å². The summed E-state index contributed by atoms with van der Waals surface area (Å²) in [5.41, 5.74) is 3.76. The molecule has 0 saturated heterocycles. The van der Waals surface area contributed by atoms with Crippen LogP contribution in [0, 0.1) is 0 Å². The van der Waals surface area contributed by atoms with E-state index in [1.165, 1.54) is 16.8 Å². The van der Waals surface area contributed by atoms with Crippen LogP contribution in [0.5, 0.6) is 11.5 Å². The molecule has 0 bridgehead atoms. The van der Waals surface area contributed by atoms with Gasteiger partial charge in [0.15, 0.2) is 0 Å². The summed E-state index contributed by atoms with van der Waals surface area (Å²) in [6.45, 7) is 4.24. The van der Waals surface area contributed by atoms with E-state index in [9.17, 15) is 9.59 Å². The Morgan fingerprint density at radius 2 is 2.03 bits per heavy atom. The highest BCUT2D eigenvalue weighted by atomic mass is 16.5. The zero-order chi connectivity index (χ0) is 24.6. The molecule has 7 nitrogen and oxygen atoms in total. The molecule has 1 aliphatic carbocycles. The monoisotopic (exact) mass is 468 g/mol. The second-order valence-electron chi connectivity index (χ2n) is 8.86. The van der Waals surface area contributed by atoms with E-state index in [2.05, 4.69) is 34.5 Å². The number of hydrogen-bond acceptors (Lipinski definition) is 6. The fraction of sp³-hybridized carbons (Fsp3) is 0.481. The third kappa shape index (κ3) is 6.50. The number of likely N-dealkylation sites (N-methyl/N-ethyl adjacent to an activating group) is 1. The Balaban J connectivity index is 0.000000192. The molecule has 2 aliphatic rings. The molecule has 0 amide bonds. The van der Waals surface area contributed by atoms with Gasteiger partial charge in [0.2, 0.25) is 0 Å². The van der Waals surface area contributed by atoms with Crippen LogP contribution in [0.3, 0.4) is 0 Å². The van der Waals surface area contributed by atoms with E-state index in [-0.39, 0.29) is 12.0 Å². The number of nitrogens with zero attached hydrogens (tertiary/aromatic N) is 1. The lowest BCUT2D eigenvalue weighted by molar-refractivity contribution is -0.137. The van der Waals surface area contributed by atoms with Crippen molar-refractivity contribution in [2.45, 2.75) is 50.5 Å². The standard InChI is InChI=1S/C14H19NO3.C13H17NO2/c1-3-18-11-5-6-13-12(8-11)10(9-15(13)2)4-7-14(16)17;1-16-12-5-2-4-11(10-12)13(6-7-13)14-8-3-9-15/h5-6,8,10H,3-4,7,9H2,1-2H3,(H,16,17);2,4-5,9-10,14H,3,6-8H2,1H3. The first kappa shape index (κ1) is 25.6. The third-order valence-electron chi connectivity index (χ3n) is 6.46. The van der Waals surface area contributed by atoms with Crippen LogP contribution in [0.25, 0.3) is 0 Å². The Labute approximate surface area is 202 Å². The van der Waals surface area contributed by atoms with Crippen LogP contribution >= 0.6 is 0 Å². The van der Waals surface area contributed by atoms with E-state index in [1.54, 1.807) is 7.11 Å². The first-order valence-corrected chi connectivity index (χ1v) is 11.9. The van der Waals surface area contributed by atoms with Crippen molar-refractivity contribution in [1.29, 1.82) is 0 Å². The first-order valence-electron chi connectivity index (χ1n) is 11.9. The van der Waals surface area contributed by atoms with Crippen LogP contribution in [0.15, 0.2) is 42.5 Å². The highest BCUT2D eigenvalue weighted by Crippen LogP contribution is 2.46. The van der Waals surface area contributed by atoms with Gasteiger partial charge >= 0.3 is 5.97 Å². The molecule has 7 heteroatoms. The summed E-state index contributed by atoms with van der Waals surface area (Å²) in [5, 5.41) is 12.2. The van der Waals surface area contributed by atoms with Gasteiger partial charge < -0.3 is 29.6 Å². The fourth-order valence-corrected chi connectivity index (χ4v) is 4.52. The number of anilines is 1. The van der Waals surface area contributed by atoms with Gasteiger partial charge in [0, 0.05) is 50.1 Å². The number of carbonyl (C=O) groups is 2. The Bertz CT molecular complexity index is 973. The highest BCUT2D eigenvalue weighted by molar-refractivity contribution is 5.67. The molecule has 2 aromatic carbocycles. The van der Waals surface area contributed by atoms with Crippen molar-refractivity contribution in [3.63, 3.8) is 0 Å². The van der Waals surface area contributed by atoms with E-state index in [1.807, 2.05) is 32.2 Å². The topological polar surface area (TPSA) is 88.1 Å². The molecule has 4 rings (SSSR count). The van der Waals surface area contributed by atoms with Crippen LogP contribution < -0.4 is 19.7 Å². The third-order valence-corrected chi connectivity index (χ3v) is 6.46. The maximum atomic E-state index is 10.7. The quantitative estimate of drug-likeness (QED) is 0.374. The number of aldehydes is 1. The number of hydrogen-bond donors (Lipinski definition) is 2. The summed E-state index contributed by atoms with van der Waals surface area (Å²) in [4.78, 5) is 23.1. The largest absolute Gasteiger partial charge is 0.497 e. The van der Waals surface area contributed by atoms with Crippen LogP contribution in [-0.2, 0) is 15.1 Å². The van der Waals surface area contributed by atoms with E-state index in [4.69, 9.17) is 14.6 Å². The molecule has 0 aromatic heterocycles. The molecule has 0 radical (unpaired) electrons. The number of rotatable bonds is 11. The van der Waals surface area contributed by atoms with Gasteiger partial charge in [-0.1, -0.05) is 12.1 Å². The van der Waals surface area contributed by atoms with Gasteiger partial charge in [-0.3, -0.25) is 4.79 Å². The molecule has 1 heterocycles. The number of methoxy groups -OCH3 is 1. The lowest BCUT2D eigenvalue weighted by Gasteiger charge is -2.17. The molecule has 1 unspecified atom stereocenters. The van der Waals surface area contributed by atoms with Crippen molar-refractivity contribution in [2.75, 3.05) is 38.8 Å². The summed E-state index contributed by atoms with van der Waals surface area (Å²) < 4.78 is 10.7. The average molecular weight is 469 g/mol. The second kappa shape index (κ2) is 11.9. The van der Waals surface area contributed by atoms with Crippen molar-refractivity contribution in [2.24, 2.45) is 0 Å². The number of carboxylic acids is 1. The maximum Gasteiger partial charge on any atom is 0.303 e. The Morgan fingerprint density at radius 3 is 2.68 bits per heavy atom. The average Bonchev–Trinajstić information content (AvgIpc) is 3.56. The predicted octanol–water partition coefficient (Wildman–Crippen LogP) is 4.35. The van der Waals surface area contributed by atoms with Gasteiger partial charge in [-0.25, -0.2) is 0 Å². The normalized spacial score (nSPS) is 17.3. The summed E-state index contributed by atoms with van der Waals surface area (Å²) >= 11 is 0. The summed E-state index contributed by atoms with van der Waals surface area (Å²) in [6.07, 6.45) is 4.71. The summed E-state index contributed by atoms with van der Waals surface area (Å²) in [6, 6.07) is 14.2. The van der Waals surface area contributed by atoms with E-state index in [0.717, 1.165) is 43.7 Å². The number of ether oxygens (including phenoxy) is 2. The Hall–Kier alpha value is -3.06. The van der Waals surface area contributed by atoms with Crippen molar-refractivity contribution >= 4 is 17.9 Å². The van der Waals surface area contributed by atoms with Crippen molar-refractivity contribution in [3.05, 3.63) is 53.6 Å². The molecule has 184 valence electrons. The van der Waals surface area contributed by atoms with Crippen LogP contribution in [0.2, 0.25) is 0 Å². The van der Waals surface area contributed by atoms with Gasteiger partial charge in [-0.2, -0.15) is 0 Å². The number of nitrogens with one attached hydrogen (secondary N) is 1. The molecule has 1 atom stereocenters. The zero-order valence-electron chi connectivity index (χ0n) is 20.4. The van der Waals surface area contributed by atoms with Gasteiger partial charge in [-0.05, 0) is 67.6 Å². The molecule has 34 heavy (non-hydrogen) atoms. The number of fused-ring (bicyclic) bond motifs is 1. The van der Waals surface area contributed by atoms with Gasteiger partial charge in [-0.15, -0.1) is 0 Å². The van der Waals surface area contributed by atoms with Gasteiger partial charge in [0.1, 0.15) is 17.8 Å². The van der Waals surface area contributed by atoms with Gasteiger partial charge in [0.05, 0.1) is 13.7 Å². The molecule has 0 spiro atoms. The molecule has 1 fully saturated rings. The fourth-order valence-electron chi connectivity index (χ4n) is 4.52. The molecule has 1 aliphatic heterocycles. The van der Waals surface area contributed by atoms with Crippen molar-refractivity contribution in [3.8, 4) is 11.5 Å². The van der Waals surface area contributed by atoms with E-state index >= 15 is 0 Å². The molecular weight excluding hydrogens is 432 g/mol. The van der Waals surface area contributed by atoms with Crippen molar-refractivity contribution in [1.82, 2.24) is 5.32 Å². The second-order valence-corrected chi connectivity index (χ2v) is 8.86. The Morgan fingerprint density at radius 1 is 1.24 bits per heavy atom. The summed E-state index contributed by atoms with van der Waals surface area (Å²) in [7, 11) is 3.72. The number of benzene rings is 2. The van der Waals surface area contributed by atoms with Crippen LogP contribution in [0.1, 0.15) is 56.1 Å². The minimum Gasteiger partial charge on any atom is -0.497 e. The first-order chi connectivity index (χ1) is 16.4. The minimum absolute atomic E-state index is 0.0948. The van der Waals surface area contributed by atoms with E-state index < -0.39 is 5.97 Å². The Kier molecular flexibility index (Phi) is 8.93. The molecule has 2 N–H and O–H groups in total. The number of aliphatic carboxylic acids is 1. The maximum absolute atomic E-state index is 10.7. The van der Waals surface area contributed by atoms with Crippen LogP contribution in [0.4, 0.5) is 5.69 Å². The van der Waals surface area contributed by atoms with Gasteiger partial charge in [0.25, 0.3) is 0 Å².